The van der Waals surface area contributed by atoms with Crippen molar-refractivity contribution >= 4 is 5.78 Å². The third kappa shape index (κ3) is 3.96. The van der Waals surface area contributed by atoms with Gasteiger partial charge in [-0.1, -0.05) is 27.4 Å². The van der Waals surface area contributed by atoms with Crippen molar-refractivity contribution in [3.05, 3.63) is 23.3 Å². The molecule has 0 aromatic heterocycles. The van der Waals surface area contributed by atoms with Crippen LogP contribution in [0, 0.1) is 22.7 Å². The molecule has 4 rings (SSSR count). The van der Waals surface area contributed by atoms with Gasteiger partial charge in [0.25, 0.3) is 0 Å². The maximum atomic E-state index is 13.3. The minimum absolute atomic E-state index is 0.0648. The van der Waals surface area contributed by atoms with Gasteiger partial charge in [0.1, 0.15) is 6.10 Å². The third-order valence-electron chi connectivity index (χ3n) is 8.84. The van der Waals surface area contributed by atoms with E-state index in [-0.39, 0.29) is 46.8 Å². The summed E-state index contributed by atoms with van der Waals surface area (Å²) in [5.41, 5.74) is 1.94. The van der Waals surface area contributed by atoms with Gasteiger partial charge < -0.3 is 24.1 Å². The van der Waals surface area contributed by atoms with Crippen LogP contribution in [0.3, 0.4) is 0 Å². The second-order valence-electron chi connectivity index (χ2n) is 11.6. The minimum Gasteiger partial charge on any atom is -0.389 e. The van der Waals surface area contributed by atoms with Crippen LogP contribution >= 0.6 is 0 Å². The van der Waals surface area contributed by atoms with Crippen LogP contribution < -0.4 is 0 Å². The molecular weight excluding hydrogens is 420 g/mol. The van der Waals surface area contributed by atoms with Gasteiger partial charge in [0.15, 0.2) is 11.6 Å². The van der Waals surface area contributed by atoms with Crippen LogP contribution in [0.25, 0.3) is 0 Å². The number of carbonyl (C=O) groups excluding carboxylic acids is 1. The highest BCUT2D eigenvalue weighted by molar-refractivity contribution is 5.97. The van der Waals surface area contributed by atoms with E-state index in [1.807, 2.05) is 27.7 Å². The Hall–Kier alpha value is -1.05. The van der Waals surface area contributed by atoms with Crippen molar-refractivity contribution < 1.29 is 28.8 Å². The molecule has 1 aliphatic heterocycles. The second kappa shape index (κ2) is 8.56. The van der Waals surface area contributed by atoms with Gasteiger partial charge in [0, 0.05) is 30.3 Å². The van der Waals surface area contributed by atoms with Gasteiger partial charge in [-0.2, -0.15) is 0 Å². The van der Waals surface area contributed by atoms with Gasteiger partial charge >= 0.3 is 0 Å². The van der Waals surface area contributed by atoms with E-state index in [0.717, 1.165) is 23.1 Å². The van der Waals surface area contributed by atoms with Gasteiger partial charge in [0.2, 0.25) is 0 Å². The molecule has 2 bridgehead atoms. The van der Waals surface area contributed by atoms with Crippen molar-refractivity contribution in [1.82, 2.24) is 0 Å². The molecule has 1 saturated heterocycles. The second-order valence-corrected chi connectivity index (χ2v) is 11.6. The van der Waals surface area contributed by atoms with Crippen LogP contribution in [-0.2, 0) is 23.7 Å². The Morgan fingerprint density at radius 2 is 1.85 bits per heavy atom. The Morgan fingerprint density at radius 3 is 2.52 bits per heavy atom. The molecule has 7 atom stereocenters. The van der Waals surface area contributed by atoms with Crippen molar-refractivity contribution in [2.24, 2.45) is 22.7 Å². The van der Waals surface area contributed by atoms with Crippen molar-refractivity contribution in [2.45, 2.75) is 97.9 Å². The first-order valence-electron chi connectivity index (χ1n) is 12.5. The molecule has 1 N–H and O–H groups in total. The van der Waals surface area contributed by atoms with Crippen LogP contribution in [-0.4, -0.2) is 60.9 Å². The Morgan fingerprint density at radius 1 is 1.15 bits per heavy atom. The van der Waals surface area contributed by atoms with Gasteiger partial charge in [-0.3, -0.25) is 4.79 Å². The molecule has 6 nitrogen and oxygen atoms in total. The molecule has 2 saturated carbocycles. The Balaban J connectivity index is 1.90. The quantitative estimate of drug-likeness (QED) is 0.487. The lowest BCUT2D eigenvalue weighted by atomic mass is 9.49. The lowest BCUT2D eigenvalue weighted by Crippen LogP contribution is -2.61. The molecule has 0 aromatic rings. The summed E-state index contributed by atoms with van der Waals surface area (Å²) in [4.78, 5) is 13.3. The van der Waals surface area contributed by atoms with Crippen LogP contribution in [0.4, 0.5) is 0 Å². The largest absolute Gasteiger partial charge is 0.389 e. The molecule has 186 valence electrons. The lowest BCUT2D eigenvalue weighted by Gasteiger charge is -2.58. The molecule has 1 heterocycles. The molecule has 6 heteroatoms. The molecule has 0 radical (unpaired) electrons. The fraction of sp³-hybridized carbons (Fsp3) is 0.815. The number of ketones is 1. The summed E-state index contributed by atoms with van der Waals surface area (Å²) in [6.07, 6.45) is 0.366. The summed E-state index contributed by atoms with van der Waals surface area (Å²) in [6, 6.07) is 0. The van der Waals surface area contributed by atoms with Crippen LogP contribution in [0.5, 0.6) is 0 Å². The van der Waals surface area contributed by atoms with Crippen molar-refractivity contribution in [3.63, 3.8) is 0 Å². The maximum Gasteiger partial charge on any atom is 0.164 e. The first-order chi connectivity index (χ1) is 15.3. The highest BCUT2D eigenvalue weighted by atomic mass is 16.8. The monoisotopic (exact) mass is 462 g/mol. The molecule has 4 aliphatic rings. The van der Waals surface area contributed by atoms with Crippen LogP contribution in [0.1, 0.15) is 67.7 Å². The summed E-state index contributed by atoms with van der Waals surface area (Å²) in [5.74, 6) is -0.852. The normalized spacial score (nSPS) is 41.9. The number of allylic oxidation sites excluding steroid dienone is 1. The Labute approximate surface area is 198 Å². The molecule has 3 aliphatic carbocycles. The summed E-state index contributed by atoms with van der Waals surface area (Å²) >= 11 is 0. The molecule has 3 fully saturated rings. The topological polar surface area (TPSA) is 74.2 Å². The number of hydrogen-bond donors (Lipinski definition) is 1. The molecular formula is C27H42O6. The predicted molar refractivity (Wildman–Crippen MR) is 126 cm³/mol. The van der Waals surface area contributed by atoms with Crippen LogP contribution in [0.15, 0.2) is 23.3 Å². The van der Waals surface area contributed by atoms with Crippen LogP contribution in [0.2, 0.25) is 0 Å². The summed E-state index contributed by atoms with van der Waals surface area (Å²) in [5, 5.41) is 10.9. The fourth-order valence-electron chi connectivity index (χ4n) is 7.16. The standard InChI is InChI=1S/C27H42O6/c1-9-30-12-13-31-22-17-14-19(29)16(3)20(25(17,4)5)23-24(33-26(6,7)32-23)27(8)11-10-18(28)15(2)21(22)27/h17-18,21-24,28H,2,9-14H2,1,3-8H3/t17-,18-,21-,22+,23+,24-,27+/m0/s1. The molecule has 33 heavy (non-hydrogen) atoms. The Bertz CT molecular complexity index is 842. The predicted octanol–water partition coefficient (Wildman–Crippen LogP) is 4.21. The van der Waals surface area contributed by atoms with Gasteiger partial charge in [-0.05, 0) is 62.7 Å². The SMILES string of the molecule is C=C1[C@@H](O)CC[C@@]2(C)[C@H]3OC(C)(C)O[C@@H]3C3=C(C)C(=O)C[C@@H]([C@@H](OCCOCC)[C@H]12)C3(C)C. The average Bonchev–Trinajstić information content (AvgIpc) is 3.05. The zero-order chi connectivity index (χ0) is 24.3. The van der Waals surface area contributed by atoms with E-state index in [1.54, 1.807) is 0 Å². The minimum atomic E-state index is -0.769. The van der Waals surface area contributed by atoms with Crippen molar-refractivity contribution in [1.29, 1.82) is 0 Å². The number of ether oxygens (including phenoxy) is 4. The zero-order valence-electron chi connectivity index (χ0n) is 21.4. The summed E-state index contributed by atoms with van der Waals surface area (Å²) < 4.78 is 25.4. The van der Waals surface area contributed by atoms with Gasteiger partial charge in [-0.25, -0.2) is 0 Å². The first kappa shape index (κ1) is 25.1. The number of aliphatic hydroxyl groups is 1. The van der Waals surface area contributed by atoms with Gasteiger partial charge in [-0.15, -0.1) is 0 Å². The summed E-state index contributed by atoms with van der Waals surface area (Å²) in [6.45, 7) is 20.4. The lowest BCUT2D eigenvalue weighted by molar-refractivity contribution is -0.177. The number of Topliss-reactive ketones (excluding diaryl/α,β-unsaturated/α-hetero) is 1. The molecule has 0 spiro atoms. The summed E-state index contributed by atoms with van der Waals surface area (Å²) in [7, 11) is 0. The Kier molecular flexibility index (Phi) is 6.50. The van der Waals surface area contributed by atoms with E-state index < -0.39 is 11.9 Å². The smallest absolute Gasteiger partial charge is 0.164 e. The van der Waals surface area contributed by atoms with E-state index in [2.05, 4.69) is 27.4 Å². The highest BCUT2D eigenvalue weighted by Gasteiger charge is 2.65. The third-order valence-corrected chi connectivity index (χ3v) is 8.84. The fourth-order valence-corrected chi connectivity index (χ4v) is 7.16. The first-order valence-corrected chi connectivity index (χ1v) is 12.5. The maximum absolute atomic E-state index is 13.3. The molecule has 0 amide bonds. The number of fused-ring (bicyclic) bond motifs is 6. The number of rotatable bonds is 5. The zero-order valence-corrected chi connectivity index (χ0v) is 21.4. The van der Waals surface area contributed by atoms with Crippen molar-refractivity contribution in [3.8, 4) is 0 Å². The van der Waals surface area contributed by atoms with Gasteiger partial charge in [0.05, 0.1) is 31.5 Å². The van der Waals surface area contributed by atoms with E-state index in [4.69, 9.17) is 18.9 Å². The van der Waals surface area contributed by atoms with E-state index in [9.17, 15) is 9.90 Å². The average molecular weight is 463 g/mol. The van der Waals surface area contributed by atoms with E-state index in [1.165, 1.54) is 0 Å². The molecule has 0 unspecified atom stereocenters. The number of carbonyl (C=O) groups is 1. The number of hydrogen-bond acceptors (Lipinski definition) is 6. The number of aliphatic hydroxyl groups excluding tert-OH is 1. The van der Waals surface area contributed by atoms with E-state index in [0.29, 0.717) is 32.7 Å². The highest BCUT2D eigenvalue weighted by Crippen LogP contribution is 2.62. The van der Waals surface area contributed by atoms with E-state index >= 15 is 0 Å². The molecule has 0 aromatic carbocycles. The van der Waals surface area contributed by atoms with Crippen molar-refractivity contribution in [2.75, 3.05) is 19.8 Å².